The van der Waals surface area contributed by atoms with Crippen LogP contribution in [0.15, 0.2) is 36.0 Å². The molecule has 0 aliphatic heterocycles. The molecule has 3 heteroatoms. The van der Waals surface area contributed by atoms with E-state index < -0.39 is 0 Å². The molecular weight excluding hydrogens is 246 g/mol. The number of pyridine rings is 1. The van der Waals surface area contributed by atoms with Crippen LogP contribution in [-0.2, 0) is 4.79 Å². The van der Waals surface area contributed by atoms with Gasteiger partial charge in [0.15, 0.2) is 5.78 Å². The van der Waals surface area contributed by atoms with Crippen molar-refractivity contribution in [3.8, 4) is 0 Å². The Kier molecular flexibility index (Phi) is 2.67. The van der Waals surface area contributed by atoms with Gasteiger partial charge >= 0.3 is 0 Å². The van der Waals surface area contributed by atoms with Crippen molar-refractivity contribution in [1.82, 2.24) is 4.98 Å². The number of hydrogen-bond donors (Lipinski definition) is 0. The number of fused-ring (bicyclic) bond motifs is 1. The molecule has 0 saturated heterocycles. The second-order valence-electron chi connectivity index (χ2n) is 4.55. The minimum absolute atomic E-state index is 0.254. The maximum Gasteiger partial charge on any atom is 0.159 e. The van der Waals surface area contributed by atoms with E-state index in [0.717, 1.165) is 34.0 Å². The maximum atomic E-state index is 11.7. The standard InChI is InChI=1S/C15H12ClNO/c1-9-11(4-5-15(9)18)12-6-7-17-14-8-10(16)2-3-13(12)14/h2-3,6-8H,4-5H2,1H3. The van der Waals surface area contributed by atoms with Crippen LogP contribution in [0.4, 0.5) is 0 Å². The van der Waals surface area contributed by atoms with Crippen molar-refractivity contribution in [2.75, 3.05) is 0 Å². The van der Waals surface area contributed by atoms with Crippen molar-refractivity contribution in [2.45, 2.75) is 19.8 Å². The molecule has 1 aliphatic rings. The minimum atomic E-state index is 0.254. The molecule has 0 radical (unpaired) electrons. The fourth-order valence-corrected chi connectivity index (χ4v) is 2.67. The Labute approximate surface area is 110 Å². The number of nitrogens with zero attached hydrogens (tertiary/aromatic N) is 1. The van der Waals surface area contributed by atoms with Crippen molar-refractivity contribution in [1.29, 1.82) is 0 Å². The lowest BCUT2D eigenvalue weighted by Gasteiger charge is -2.08. The highest BCUT2D eigenvalue weighted by Gasteiger charge is 2.21. The van der Waals surface area contributed by atoms with Crippen LogP contribution in [0.5, 0.6) is 0 Å². The summed E-state index contributed by atoms with van der Waals surface area (Å²) in [5.74, 6) is 0.254. The summed E-state index contributed by atoms with van der Waals surface area (Å²) in [7, 11) is 0. The summed E-state index contributed by atoms with van der Waals surface area (Å²) in [6, 6.07) is 7.67. The molecule has 0 bridgehead atoms. The zero-order valence-electron chi connectivity index (χ0n) is 10.0. The van der Waals surface area contributed by atoms with Crippen LogP contribution < -0.4 is 0 Å². The first kappa shape index (κ1) is 11.4. The van der Waals surface area contributed by atoms with Gasteiger partial charge in [0.2, 0.25) is 0 Å². The molecule has 2 aromatic rings. The number of allylic oxidation sites excluding steroid dienone is 2. The number of aromatic nitrogens is 1. The highest BCUT2D eigenvalue weighted by molar-refractivity contribution is 6.31. The highest BCUT2D eigenvalue weighted by Crippen LogP contribution is 2.35. The van der Waals surface area contributed by atoms with Gasteiger partial charge in [0.05, 0.1) is 5.52 Å². The topological polar surface area (TPSA) is 30.0 Å². The van der Waals surface area contributed by atoms with Crippen LogP contribution in [-0.4, -0.2) is 10.8 Å². The molecule has 0 amide bonds. The number of Topliss-reactive ketones (excluding diaryl/α,β-unsaturated/α-hetero) is 1. The summed E-state index contributed by atoms with van der Waals surface area (Å²) < 4.78 is 0. The fourth-order valence-electron chi connectivity index (χ4n) is 2.50. The molecule has 1 aliphatic carbocycles. The number of benzene rings is 1. The first-order chi connectivity index (χ1) is 8.66. The minimum Gasteiger partial charge on any atom is -0.295 e. The zero-order chi connectivity index (χ0) is 12.7. The summed E-state index contributed by atoms with van der Waals surface area (Å²) in [5, 5.41) is 1.74. The summed E-state index contributed by atoms with van der Waals surface area (Å²) >= 11 is 5.98. The maximum absolute atomic E-state index is 11.7. The quantitative estimate of drug-likeness (QED) is 0.772. The van der Waals surface area contributed by atoms with E-state index in [9.17, 15) is 4.79 Å². The van der Waals surface area contributed by atoms with E-state index >= 15 is 0 Å². The zero-order valence-corrected chi connectivity index (χ0v) is 10.8. The van der Waals surface area contributed by atoms with Crippen LogP contribution in [0.25, 0.3) is 16.5 Å². The van der Waals surface area contributed by atoms with Gasteiger partial charge in [0.1, 0.15) is 0 Å². The predicted octanol–water partition coefficient (Wildman–Crippen LogP) is 4.02. The lowest BCUT2D eigenvalue weighted by molar-refractivity contribution is -0.114. The summed E-state index contributed by atoms with van der Waals surface area (Å²) in [4.78, 5) is 16.0. The number of rotatable bonds is 1. The Hall–Kier alpha value is -1.67. The van der Waals surface area contributed by atoms with E-state index in [4.69, 9.17) is 11.6 Å². The van der Waals surface area contributed by atoms with Crippen LogP contribution in [0.3, 0.4) is 0 Å². The lowest BCUT2D eigenvalue weighted by atomic mass is 9.99. The molecule has 3 rings (SSSR count). The summed E-state index contributed by atoms with van der Waals surface area (Å²) in [6.45, 7) is 1.91. The van der Waals surface area contributed by atoms with Crippen molar-refractivity contribution in [3.05, 3.63) is 46.6 Å². The number of hydrogen-bond acceptors (Lipinski definition) is 2. The van der Waals surface area contributed by atoms with Gasteiger partial charge in [-0.2, -0.15) is 0 Å². The van der Waals surface area contributed by atoms with Crippen LogP contribution >= 0.6 is 11.6 Å². The summed E-state index contributed by atoms with van der Waals surface area (Å²) in [5.41, 5.74) is 4.02. The molecule has 0 N–H and O–H groups in total. The van der Waals surface area contributed by atoms with Gasteiger partial charge in [0.25, 0.3) is 0 Å². The van der Waals surface area contributed by atoms with Crippen molar-refractivity contribution < 1.29 is 4.79 Å². The third kappa shape index (κ3) is 1.73. The molecule has 0 unspecified atom stereocenters. The molecule has 0 fully saturated rings. The van der Waals surface area contributed by atoms with Gasteiger partial charge in [-0.15, -0.1) is 0 Å². The van der Waals surface area contributed by atoms with Gasteiger partial charge in [-0.25, -0.2) is 0 Å². The number of carbonyl (C=O) groups is 1. The Morgan fingerprint density at radius 1 is 1.22 bits per heavy atom. The number of ketones is 1. The molecule has 0 saturated carbocycles. The molecule has 2 nitrogen and oxygen atoms in total. The van der Waals surface area contributed by atoms with Crippen molar-refractivity contribution in [3.63, 3.8) is 0 Å². The Balaban J connectivity index is 2.28. The Bertz CT molecular complexity index is 688. The second kappa shape index (κ2) is 4.21. The summed E-state index contributed by atoms with van der Waals surface area (Å²) in [6.07, 6.45) is 3.22. The largest absolute Gasteiger partial charge is 0.295 e. The van der Waals surface area contributed by atoms with E-state index in [1.165, 1.54) is 0 Å². The van der Waals surface area contributed by atoms with Gasteiger partial charge in [-0.05, 0) is 48.3 Å². The molecule has 90 valence electrons. The Morgan fingerprint density at radius 2 is 2.06 bits per heavy atom. The van der Waals surface area contributed by atoms with E-state index in [2.05, 4.69) is 4.98 Å². The molecule has 0 spiro atoms. The second-order valence-corrected chi connectivity index (χ2v) is 4.98. The third-order valence-corrected chi connectivity index (χ3v) is 3.74. The van der Waals surface area contributed by atoms with Crippen LogP contribution in [0.1, 0.15) is 25.3 Å². The highest BCUT2D eigenvalue weighted by atomic mass is 35.5. The lowest BCUT2D eigenvalue weighted by Crippen LogP contribution is -1.91. The normalized spacial score (nSPS) is 15.8. The van der Waals surface area contributed by atoms with E-state index in [1.54, 1.807) is 6.20 Å². The van der Waals surface area contributed by atoms with Crippen LogP contribution in [0, 0.1) is 0 Å². The molecule has 1 aromatic heterocycles. The van der Waals surface area contributed by atoms with Gasteiger partial charge < -0.3 is 0 Å². The van der Waals surface area contributed by atoms with Gasteiger partial charge in [-0.3, -0.25) is 9.78 Å². The van der Waals surface area contributed by atoms with E-state index in [-0.39, 0.29) is 5.78 Å². The van der Waals surface area contributed by atoms with E-state index in [0.29, 0.717) is 11.4 Å². The Morgan fingerprint density at radius 3 is 2.78 bits per heavy atom. The predicted molar refractivity (Wildman–Crippen MR) is 73.6 cm³/mol. The number of halogens is 1. The average molecular weight is 258 g/mol. The van der Waals surface area contributed by atoms with E-state index in [1.807, 2.05) is 31.2 Å². The number of carbonyl (C=O) groups excluding carboxylic acids is 1. The fraction of sp³-hybridized carbons (Fsp3) is 0.200. The first-order valence-electron chi connectivity index (χ1n) is 5.94. The monoisotopic (exact) mass is 257 g/mol. The SMILES string of the molecule is CC1=C(c2ccnc3cc(Cl)ccc23)CCC1=O. The van der Waals surface area contributed by atoms with Gasteiger partial charge in [-0.1, -0.05) is 17.7 Å². The van der Waals surface area contributed by atoms with Gasteiger partial charge in [0, 0.05) is 23.0 Å². The third-order valence-electron chi connectivity index (χ3n) is 3.50. The van der Waals surface area contributed by atoms with Crippen LogP contribution in [0.2, 0.25) is 5.02 Å². The van der Waals surface area contributed by atoms with Crippen molar-refractivity contribution in [2.24, 2.45) is 0 Å². The molecular formula is C15H12ClNO. The molecule has 0 atom stereocenters. The smallest absolute Gasteiger partial charge is 0.159 e. The molecule has 18 heavy (non-hydrogen) atoms. The van der Waals surface area contributed by atoms with Crippen molar-refractivity contribution >= 4 is 33.9 Å². The average Bonchev–Trinajstić information content (AvgIpc) is 2.69. The first-order valence-corrected chi connectivity index (χ1v) is 6.32. The molecule has 1 aromatic carbocycles. The molecule has 1 heterocycles.